The first-order valence-corrected chi connectivity index (χ1v) is 12.8. The number of halogens is 2. The van der Waals surface area contributed by atoms with E-state index in [4.69, 9.17) is 0 Å². The van der Waals surface area contributed by atoms with Gasteiger partial charge in [0.1, 0.15) is 26.9 Å². The summed E-state index contributed by atoms with van der Waals surface area (Å²) in [6, 6.07) is 4.90. The first-order valence-electron chi connectivity index (χ1n) is 9.92. The Morgan fingerprint density at radius 1 is 1.27 bits per heavy atom. The third-order valence-corrected chi connectivity index (χ3v) is 7.42. The normalized spacial score (nSPS) is 12.6. The molecule has 3 rings (SSSR count). The maximum atomic E-state index is 15.1. The Labute approximate surface area is 191 Å². The number of aromatic amines is 1. The zero-order valence-electron chi connectivity index (χ0n) is 17.5. The fourth-order valence-corrected chi connectivity index (χ4v) is 5.24. The van der Waals surface area contributed by atoms with Crippen molar-refractivity contribution in [1.82, 2.24) is 9.97 Å². The van der Waals surface area contributed by atoms with E-state index < -0.39 is 49.9 Å². The van der Waals surface area contributed by atoms with E-state index in [2.05, 4.69) is 15.3 Å². The summed E-state index contributed by atoms with van der Waals surface area (Å²) in [7, 11) is -3.37. The molecule has 178 valence electrons. The van der Waals surface area contributed by atoms with Gasteiger partial charge in [-0.1, -0.05) is 6.92 Å². The molecule has 2 heterocycles. The van der Waals surface area contributed by atoms with E-state index in [1.807, 2.05) is 0 Å². The van der Waals surface area contributed by atoms with Crippen molar-refractivity contribution in [1.29, 1.82) is 0 Å². The minimum absolute atomic E-state index is 0.0495. The summed E-state index contributed by atoms with van der Waals surface area (Å²) in [6.45, 7) is 1.33. The summed E-state index contributed by atoms with van der Waals surface area (Å²) in [5.74, 6) is -4.05. The van der Waals surface area contributed by atoms with Crippen LogP contribution in [-0.2, 0) is 21.1 Å². The van der Waals surface area contributed by atoms with Gasteiger partial charge in [-0.25, -0.2) is 22.2 Å². The number of carbonyl (C=O) groups is 1. The third kappa shape index (κ3) is 5.92. The Hall–Kier alpha value is -2.90. The van der Waals surface area contributed by atoms with Crippen LogP contribution in [0.1, 0.15) is 30.1 Å². The number of hydrogen-bond donors (Lipinski definition) is 2. The van der Waals surface area contributed by atoms with E-state index in [-0.39, 0.29) is 30.2 Å². The van der Waals surface area contributed by atoms with Crippen molar-refractivity contribution in [2.75, 3.05) is 27.7 Å². The number of benzene rings is 1. The molecule has 1 aromatic carbocycles. The SMILES string of the molecule is CCCS(=O)(=O)CCCN(c1ccc(F)c(C(=O)Nc2cnc3[nH]ccc3c2)c1F)S(=O)[O-]. The average molecular weight is 500 g/mol. The van der Waals surface area contributed by atoms with Crippen molar-refractivity contribution < 1.29 is 30.8 Å². The number of aromatic nitrogens is 2. The van der Waals surface area contributed by atoms with Gasteiger partial charge in [-0.3, -0.25) is 13.3 Å². The number of H-pyrrole nitrogens is 1. The highest BCUT2D eigenvalue weighted by Crippen LogP contribution is 2.27. The number of carbonyl (C=O) groups excluding carboxylic acids is 1. The van der Waals surface area contributed by atoms with E-state index in [1.165, 1.54) is 6.20 Å². The van der Waals surface area contributed by atoms with E-state index in [9.17, 15) is 26.4 Å². The standard InChI is InChI=1S/C20H22F2N4O5S2/c1-2-9-33(30,31)10-3-8-26(32(28)29)16-5-4-15(21)17(18(16)22)20(27)25-14-11-13-6-7-23-19(13)24-12-14/h4-7,11-12H,2-3,8-10H2,1H3,(H,23,24)(H,25,27)(H,28,29)/p-1. The summed E-state index contributed by atoms with van der Waals surface area (Å²) in [5.41, 5.74) is -0.804. The molecule has 13 heteroatoms. The van der Waals surface area contributed by atoms with Crippen molar-refractivity contribution in [2.45, 2.75) is 19.8 Å². The second kappa shape index (κ2) is 10.4. The summed E-state index contributed by atoms with van der Waals surface area (Å²) in [5, 5.41) is 3.01. The van der Waals surface area contributed by atoms with Gasteiger partial charge in [0.25, 0.3) is 5.91 Å². The number of rotatable bonds is 10. The molecule has 0 aliphatic carbocycles. The number of nitrogens with zero attached hydrogens (tertiary/aromatic N) is 2. The molecular formula is C20H21F2N4O5S2-. The molecule has 1 atom stereocenters. The topological polar surface area (TPSA) is 135 Å². The second-order valence-electron chi connectivity index (χ2n) is 7.17. The predicted octanol–water partition coefficient (Wildman–Crippen LogP) is 2.91. The first kappa shape index (κ1) is 24.7. The Morgan fingerprint density at radius 3 is 2.73 bits per heavy atom. The van der Waals surface area contributed by atoms with Crippen molar-refractivity contribution in [3.8, 4) is 0 Å². The minimum Gasteiger partial charge on any atom is -0.755 e. The first-order chi connectivity index (χ1) is 15.6. The van der Waals surface area contributed by atoms with Crippen LogP contribution in [0.25, 0.3) is 11.0 Å². The zero-order chi connectivity index (χ0) is 24.2. The number of nitrogens with one attached hydrogen (secondary N) is 2. The van der Waals surface area contributed by atoms with Crippen LogP contribution in [-0.4, -0.2) is 51.1 Å². The van der Waals surface area contributed by atoms with Crippen LogP contribution in [0.5, 0.6) is 0 Å². The molecule has 0 saturated heterocycles. The quantitative estimate of drug-likeness (QED) is 0.412. The molecule has 0 radical (unpaired) electrons. The lowest BCUT2D eigenvalue weighted by Gasteiger charge is -2.27. The maximum absolute atomic E-state index is 15.1. The molecule has 0 spiro atoms. The fraction of sp³-hybridized carbons (Fsp3) is 0.300. The van der Waals surface area contributed by atoms with Crippen LogP contribution < -0.4 is 9.62 Å². The third-order valence-electron chi connectivity index (χ3n) is 4.74. The smallest absolute Gasteiger partial charge is 0.261 e. The monoisotopic (exact) mass is 499 g/mol. The summed E-state index contributed by atoms with van der Waals surface area (Å²) in [6.07, 6.45) is 3.25. The van der Waals surface area contributed by atoms with Crippen LogP contribution in [0, 0.1) is 11.6 Å². The average Bonchev–Trinajstić information content (AvgIpc) is 3.19. The fourth-order valence-electron chi connectivity index (χ4n) is 3.26. The van der Waals surface area contributed by atoms with Crippen LogP contribution in [0.15, 0.2) is 36.7 Å². The van der Waals surface area contributed by atoms with E-state index in [0.717, 1.165) is 12.1 Å². The molecular weight excluding hydrogens is 478 g/mol. The number of hydrogen-bond acceptors (Lipinski definition) is 6. The van der Waals surface area contributed by atoms with Gasteiger partial charge in [0, 0.05) is 35.1 Å². The summed E-state index contributed by atoms with van der Waals surface area (Å²) >= 11 is -2.99. The zero-order valence-corrected chi connectivity index (χ0v) is 19.1. The number of sulfone groups is 1. The van der Waals surface area contributed by atoms with Gasteiger partial charge in [-0.2, -0.15) is 0 Å². The second-order valence-corrected chi connectivity index (χ2v) is 10.4. The molecule has 0 fully saturated rings. The van der Waals surface area contributed by atoms with Gasteiger partial charge in [0.05, 0.1) is 23.3 Å². The molecule has 0 aliphatic heterocycles. The largest absolute Gasteiger partial charge is 0.755 e. The predicted molar refractivity (Wildman–Crippen MR) is 120 cm³/mol. The van der Waals surface area contributed by atoms with Crippen LogP contribution in [0.4, 0.5) is 20.2 Å². The Balaban J connectivity index is 1.84. The van der Waals surface area contributed by atoms with Crippen LogP contribution >= 0.6 is 0 Å². The van der Waals surface area contributed by atoms with E-state index in [1.54, 1.807) is 25.3 Å². The number of pyridine rings is 1. The number of anilines is 2. The Morgan fingerprint density at radius 2 is 2.03 bits per heavy atom. The lowest BCUT2D eigenvalue weighted by atomic mass is 10.1. The molecule has 0 aliphatic rings. The molecule has 33 heavy (non-hydrogen) atoms. The highest BCUT2D eigenvalue weighted by Gasteiger charge is 2.24. The van der Waals surface area contributed by atoms with E-state index in [0.29, 0.717) is 21.8 Å². The Kier molecular flexibility index (Phi) is 7.76. The van der Waals surface area contributed by atoms with E-state index >= 15 is 4.39 Å². The lowest BCUT2D eigenvalue weighted by molar-refractivity contribution is 0.101. The molecule has 3 aromatic rings. The van der Waals surface area contributed by atoms with Gasteiger partial charge >= 0.3 is 0 Å². The molecule has 1 unspecified atom stereocenters. The molecule has 0 saturated carbocycles. The van der Waals surface area contributed by atoms with Gasteiger partial charge in [0.15, 0.2) is 5.82 Å². The highest BCUT2D eigenvalue weighted by atomic mass is 32.2. The van der Waals surface area contributed by atoms with Crippen molar-refractivity contribution >= 4 is 49.4 Å². The summed E-state index contributed by atoms with van der Waals surface area (Å²) in [4.78, 5) is 19.6. The Bertz CT molecular complexity index is 1300. The number of fused-ring (bicyclic) bond motifs is 1. The number of amides is 1. The maximum Gasteiger partial charge on any atom is 0.261 e. The van der Waals surface area contributed by atoms with Gasteiger partial charge < -0.3 is 14.9 Å². The minimum atomic E-state index is -3.37. The molecule has 2 N–H and O–H groups in total. The molecule has 2 aromatic heterocycles. The van der Waals surface area contributed by atoms with Crippen molar-refractivity contribution in [3.05, 3.63) is 53.9 Å². The highest BCUT2D eigenvalue weighted by molar-refractivity contribution is 7.91. The lowest BCUT2D eigenvalue weighted by Crippen LogP contribution is -2.30. The summed E-state index contributed by atoms with van der Waals surface area (Å²) < 4.78 is 77.2. The van der Waals surface area contributed by atoms with Gasteiger partial charge in [-0.05, 0) is 37.1 Å². The van der Waals surface area contributed by atoms with Crippen LogP contribution in [0.3, 0.4) is 0 Å². The van der Waals surface area contributed by atoms with Gasteiger partial charge in [0.2, 0.25) is 0 Å². The van der Waals surface area contributed by atoms with Crippen molar-refractivity contribution in [2.24, 2.45) is 0 Å². The molecule has 9 nitrogen and oxygen atoms in total. The molecule has 1 amide bonds. The van der Waals surface area contributed by atoms with Gasteiger partial charge in [-0.15, -0.1) is 0 Å². The van der Waals surface area contributed by atoms with Crippen molar-refractivity contribution in [3.63, 3.8) is 0 Å². The van der Waals surface area contributed by atoms with Crippen LogP contribution in [0.2, 0.25) is 0 Å². The molecule has 0 bridgehead atoms.